The van der Waals surface area contributed by atoms with E-state index in [1.165, 1.54) is 0 Å². The Labute approximate surface area is 112 Å². The van der Waals surface area contributed by atoms with Crippen LogP contribution in [0.3, 0.4) is 0 Å². The van der Waals surface area contributed by atoms with Crippen LogP contribution in [0.25, 0.3) is 0 Å². The number of nitrogen functional groups attached to an aromatic ring is 1. The molecule has 20 heavy (non-hydrogen) atoms. The summed E-state index contributed by atoms with van der Waals surface area (Å²) in [5.74, 6) is -0.0231. The lowest BCUT2D eigenvalue weighted by molar-refractivity contribution is -0.244. The summed E-state index contributed by atoms with van der Waals surface area (Å²) in [6.07, 6.45) is -5.49. The number of aromatic nitrogens is 1. The Morgan fingerprint density at radius 3 is 2.45 bits per heavy atom. The van der Waals surface area contributed by atoms with E-state index in [0.717, 1.165) is 12.3 Å². The summed E-state index contributed by atoms with van der Waals surface area (Å²) < 4.78 is 64.1. The van der Waals surface area contributed by atoms with E-state index in [-0.39, 0.29) is 30.9 Å². The van der Waals surface area contributed by atoms with Crippen molar-refractivity contribution in [3.05, 3.63) is 17.8 Å². The van der Waals surface area contributed by atoms with Crippen molar-refractivity contribution < 1.29 is 22.0 Å². The first-order valence-electron chi connectivity index (χ1n) is 6.09. The van der Waals surface area contributed by atoms with Gasteiger partial charge in [0.15, 0.2) is 0 Å². The Bertz CT molecular complexity index is 482. The van der Waals surface area contributed by atoms with E-state index >= 15 is 0 Å². The zero-order chi connectivity index (χ0) is 15.0. The van der Waals surface area contributed by atoms with Gasteiger partial charge in [0.05, 0.1) is 17.3 Å². The Balaban J connectivity index is 2.09. The van der Waals surface area contributed by atoms with Crippen LogP contribution in [-0.4, -0.2) is 17.7 Å². The Hall–Kier alpha value is -1.60. The van der Waals surface area contributed by atoms with Crippen LogP contribution in [0.2, 0.25) is 0 Å². The molecule has 3 nitrogen and oxygen atoms in total. The first kappa shape index (κ1) is 14.8. The number of nitrogens with two attached hydrogens (primary N) is 1. The van der Waals surface area contributed by atoms with E-state index in [1.54, 1.807) is 0 Å². The first-order valence-corrected chi connectivity index (χ1v) is 6.09. The molecule has 1 aliphatic rings. The predicted molar refractivity (Wildman–Crippen MR) is 64.4 cm³/mol. The van der Waals surface area contributed by atoms with Gasteiger partial charge in [0.25, 0.3) is 6.43 Å². The lowest BCUT2D eigenvalue weighted by Crippen LogP contribution is -2.48. The maximum atomic E-state index is 12.9. The van der Waals surface area contributed by atoms with Crippen LogP contribution < -0.4 is 11.1 Å². The normalized spacial score (nSPS) is 17.9. The molecule has 0 spiro atoms. The molecule has 1 fully saturated rings. The Kier molecular flexibility index (Phi) is 3.75. The zero-order valence-corrected chi connectivity index (χ0v) is 10.5. The number of anilines is 2. The van der Waals surface area contributed by atoms with Crippen molar-refractivity contribution >= 4 is 11.5 Å². The van der Waals surface area contributed by atoms with E-state index < -0.39 is 23.6 Å². The minimum absolute atomic E-state index is 0.0231. The molecule has 0 saturated heterocycles. The summed E-state index contributed by atoms with van der Waals surface area (Å²) in [6, 6.07) is 0.989. The van der Waals surface area contributed by atoms with Gasteiger partial charge >= 0.3 is 6.18 Å². The predicted octanol–water partition coefficient (Wildman–Crippen LogP) is 3.75. The van der Waals surface area contributed by atoms with Crippen molar-refractivity contribution in [1.82, 2.24) is 4.98 Å². The van der Waals surface area contributed by atoms with E-state index in [2.05, 4.69) is 10.3 Å². The van der Waals surface area contributed by atoms with Gasteiger partial charge in [0.1, 0.15) is 5.82 Å². The van der Waals surface area contributed by atoms with Crippen LogP contribution in [0, 0.1) is 5.41 Å². The third-order valence-electron chi connectivity index (χ3n) is 3.72. The molecule has 0 aliphatic heterocycles. The average Bonchev–Trinajstić information content (AvgIpc) is 2.27. The smallest absolute Gasteiger partial charge is 0.396 e. The molecular formula is C12H14F5N3. The fourth-order valence-corrected chi connectivity index (χ4v) is 2.19. The van der Waals surface area contributed by atoms with Gasteiger partial charge in [0, 0.05) is 12.1 Å². The minimum Gasteiger partial charge on any atom is -0.397 e. The second kappa shape index (κ2) is 5.06. The van der Waals surface area contributed by atoms with E-state index in [9.17, 15) is 22.0 Å². The van der Waals surface area contributed by atoms with Gasteiger partial charge in [0.2, 0.25) is 0 Å². The van der Waals surface area contributed by atoms with Crippen LogP contribution in [-0.2, 0) is 0 Å². The number of alkyl halides is 5. The SMILES string of the molecule is Nc1cnc(NCC2(C(F)(F)F)CCC2)cc1C(F)F. The van der Waals surface area contributed by atoms with Gasteiger partial charge in [-0.05, 0) is 18.9 Å². The average molecular weight is 295 g/mol. The van der Waals surface area contributed by atoms with Crippen molar-refractivity contribution in [2.75, 3.05) is 17.6 Å². The van der Waals surface area contributed by atoms with Gasteiger partial charge in [-0.3, -0.25) is 0 Å². The molecule has 1 saturated carbocycles. The number of pyridine rings is 1. The van der Waals surface area contributed by atoms with Crippen molar-refractivity contribution in [2.45, 2.75) is 31.9 Å². The third-order valence-corrected chi connectivity index (χ3v) is 3.72. The van der Waals surface area contributed by atoms with Gasteiger partial charge in [-0.1, -0.05) is 6.42 Å². The summed E-state index contributed by atoms with van der Waals surface area (Å²) in [5, 5.41) is 2.50. The topological polar surface area (TPSA) is 50.9 Å². The number of halogens is 5. The highest BCUT2D eigenvalue weighted by Gasteiger charge is 2.57. The highest BCUT2D eigenvalue weighted by Crippen LogP contribution is 2.52. The molecule has 0 amide bonds. The lowest BCUT2D eigenvalue weighted by atomic mass is 9.68. The second-order valence-electron chi connectivity index (χ2n) is 4.98. The molecule has 0 bridgehead atoms. The number of rotatable bonds is 4. The van der Waals surface area contributed by atoms with Gasteiger partial charge in [-0.15, -0.1) is 0 Å². The van der Waals surface area contributed by atoms with Crippen LogP contribution in [0.5, 0.6) is 0 Å². The molecule has 112 valence electrons. The summed E-state index contributed by atoms with van der Waals surface area (Å²) >= 11 is 0. The highest BCUT2D eigenvalue weighted by molar-refractivity contribution is 5.52. The molecule has 0 radical (unpaired) electrons. The molecule has 0 unspecified atom stereocenters. The highest BCUT2D eigenvalue weighted by atomic mass is 19.4. The van der Waals surface area contributed by atoms with Crippen molar-refractivity contribution in [2.24, 2.45) is 5.41 Å². The Morgan fingerprint density at radius 1 is 1.35 bits per heavy atom. The lowest BCUT2D eigenvalue weighted by Gasteiger charge is -2.43. The molecule has 8 heteroatoms. The van der Waals surface area contributed by atoms with Gasteiger partial charge in [-0.2, -0.15) is 13.2 Å². The standard InChI is InChI=1S/C12H14F5N3/c13-10(14)7-4-9(19-5-8(7)18)20-6-11(2-1-3-11)12(15,16)17/h4-5,10H,1-3,6,18H2,(H,19,20). The van der Waals surface area contributed by atoms with Crippen LogP contribution in [0.15, 0.2) is 12.3 Å². The maximum Gasteiger partial charge on any atom is 0.396 e. The van der Waals surface area contributed by atoms with Crippen LogP contribution in [0.1, 0.15) is 31.3 Å². The van der Waals surface area contributed by atoms with Crippen LogP contribution >= 0.6 is 0 Å². The molecule has 1 heterocycles. The fraction of sp³-hybridized carbons (Fsp3) is 0.583. The van der Waals surface area contributed by atoms with Gasteiger partial charge in [-0.25, -0.2) is 13.8 Å². The Morgan fingerprint density at radius 2 is 2.00 bits per heavy atom. The summed E-state index contributed by atoms with van der Waals surface area (Å²) in [6.45, 7) is -0.365. The number of hydrogen-bond acceptors (Lipinski definition) is 3. The third kappa shape index (κ3) is 2.64. The van der Waals surface area contributed by atoms with Gasteiger partial charge < -0.3 is 11.1 Å². The minimum atomic E-state index is -4.31. The molecule has 1 aliphatic carbocycles. The molecule has 0 aromatic carbocycles. The monoisotopic (exact) mass is 295 g/mol. The van der Waals surface area contributed by atoms with E-state index in [1.807, 2.05) is 0 Å². The number of nitrogens with zero attached hydrogens (tertiary/aromatic N) is 1. The number of hydrogen-bond donors (Lipinski definition) is 2. The molecule has 1 aromatic rings. The van der Waals surface area contributed by atoms with E-state index in [4.69, 9.17) is 5.73 Å². The summed E-state index contributed by atoms with van der Waals surface area (Å²) in [4.78, 5) is 3.73. The largest absolute Gasteiger partial charge is 0.397 e. The molecule has 2 rings (SSSR count). The fourth-order valence-electron chi connectivity index (χ4n) is 2.19. The van der Waals surface area contributed by atoms with E-state index in [0.29, 0.717) is 6.42 Å². The molecular weight excluding hydrogens is 281 g/mol. The maximum absolute atomic E-state index is 12.9. The first-order chi connectivity index (χ1) is 9.25. The summed E-state index contributed by atoms with van der Waals surface area (Å²) in [5.41, 5.74) is 2.94. The van der Waals surface area contributed by atoms with Crippen molar-refractivity contribution in [3.8, 4) is 0 Å². The number of nitrogens with one attached hydrogen (secondary N) is 1. The second-order valence-corrected chi connectivity index (χ2v) is 4.98. The van der Waals surface area contributed by atoms with Crippen molar-refractivity contribution in [1.29, 1.82) is 0 Å². The zero-order valence-electron chi connectivity index (χ0n) is 10.5. The summed E-state index contributed by atoms with van der Waals surface area (Å²) in [7, 11) is 0. The quantitative estimate of drug-likeness (QED) is 0.832. The molecule has 1 aromatic heterocycles. The van der Waals surface area contributed by atoms with Crippen molar-refractivity contribution in [3.63, 3.8) is 0 Å². The van der Waals surface area contributed by atoms with Crippen LogP contribution in [0.4, 0.5) is 33.5 Å². The molecule has 0 atom stereocenters. The molecule has 3 N–H and O–H groups in total.